The molecule has 1 heteroatoms. The highest BCUT2D eigenvalue weighted by Crippen LogP contribution is 2.69. The fourth-order valence-corrected chi connectivity index (χ4v) is 5.54. The molecular weight excluding hydrogens is 200 g/mol. The van der Waals surface area contributed by atoms with Gasteiger partial charge in [0.25, 0.3) is 0 Å². The van der Waals surface area contributed by atoms with Gasteiger partial charge in [-0.05, 0) is 30.6 Å². The molecule has 0 amide bonds. The van der Waals surface area contributed by atoms with Crippen molar-refractivity contribution in [1.29, 1.82) is 0 Å². The molecule has 0 unspecified atom stereocenters. The minimum absolute atomic E-state index is 0.347. The van der Waals surface area contributed by atoms with Crippen molar-refractivity contribution in [2.75, 3.05) is 0 Å². The number of hydrogen-bond donors (Lipinski definition) is 0. The average Bonchev–Trinajstić information content (AvgIpc) is 2.34. The predicted molar refractivity (Wildman–Crippen MR) is 70.3 cm³/mol. The number of thioether (sulfide) groups is 1. The minimum atomic E-state index is 0.347. The minimum Gasteiger partial charge on any atom is -0.144 e. The molecule has 86 valence electrons. The van der Waals surface area contributed by atoms with Gasteiger partial charge >= 0.3 is 0 Å². The highest BCUT2D eigenvalue weighted by molar-refractivity contribution is 8.02. The summed E-state index contributed by atoms with van der Waals surface area (Å²) in [6.45, 7) is 16.3. The first-order valence-electron chi connectivity index (χ1n) is 6.07. The predicted octanol–water partition coefficient (Wildman–Crippen LogP) is 4.65. The molecule has 0 saturated heterocycles. The molecule has 2 aliphatic rings. The first kappa shape index (κ1) is 11.6. The summed E-state index contributed by atoms with van der Waals surface area (Å²) in [4.78, 5) is 0. The molecule has 2 atom stereocenters. The number of rotatable bonds is 1. The Hall–Kier alpha value is 0.0900. The maximum atomic E-state index is 4.37. The van der Waals surface area contributed by atoms with Crippen molar-refractivity contribution in [3.8, 4) is 0 Å². The standard InChI is InChI=1S/C14H24S/c1-10-9-11-7-8-14(10,13(11,5)6)15-12(2,3)4/h11H,1,7-9H2,2-6H3/t11-,14-/m0/s1. The Morgan fingerprint density at radius 1 is 1.33 bits per heavy atom. The molecular formula is C14H24S. The molecule has 0 nitrogen and oxygen atoms in total. The molecule has 0 radical (unpaired) electrons. The Bertz CT molecular complexity index is 295. The topological polar surface area (TPSA) is 0 Å². The van der Waals surface area contributed by atoms with Crippen LogP contribution in [0.3, 0.4) is 0 Å². The van der Waals surface area contributed by atoms with E-state index in [1.807, 2.05) is 0 Å². The van der Waals surface area contributed by atoms with Crippen LogP contribution in [-0.2, 0) is 0 Å². The third-order valence-corrected chi connectivity index (χ3v) is 6.43. The Labute approximate surface area is 98.9 Å². The van der Waals surface area contributed by atoms with Crippen LogP contribution in [0.4, 0.5) is 0 Å². The van der Waals surface area contributed by atoms with Crippen molar-refractivity contribution in [3.05, 3.63) is 12.2 Å². The van der Waals surface area contributed by atoms with Crippen LogP contribution in [0.5, 0.6) is 0 Å². The summed E-state index contributed by atoms with van der Waals surface area (Å²) < 4.78 is 0.718. The lowest BCUT2D eigenvalue weighted by molar-refractivity contribution is 0.284. The summed E-state index contributed by atoms with van der Waals surface area (Å²) in [5, 5.41) is 0. The molecule has 2 aliphatic carbocycles. The van der Waals surface area contributed by atoms with Crippen molar-refractivity contribution in [2.45, 2.75) is 63.4 Å². The van der Waals surface area contributed by atoms with E-state index in [9.17, 15) is 0 Å². The Balaban J connectivity index is 2.36. The van der Waals surface area contributed by atoms with Gasteiger partial charge in [0.05, 0.1) is 0 Å². The van der Waals surface area contributed by atoms with Crippen LogP contribution in [0.25, 0.3) is 0 Å². The van der Waals surface area contributed by atoms with E-state index in [0.29, 0.717) is 14.9 Å². The molecule has 0 spiro atoms. The van der Waals surface area contributed by atoms with E-state index in [1.165, 1.54) is 24.8 Å². The van der Waals surface area contributed by atoms with E-state index in [4.69, 9.17) is 0 Å². The maximum absolute atomic E-state index is 4.37. The fraction of sp³-hybridized carbons (Fsp3) is 0.857. The molecule has 2 fully saturated rings. The zero-order chi connectivity index (χ0) is 11.5. The second kappa shape index (κ2) is 3.06. The highest BCUT2D eigenvalue weighted by Gasteiger charge is 2.62. The van der Waals surface area contributed by atoms with Gasteiger partial charge in [-0.3, -0.25) is 0 Å². The third-order valence-electron chi connectivity index (χ3n) is 4.45. The van der Waals surface area contributed by atoms with Crippen molar-refractivity contribution in [1.82, 2.24) is 0 Å². The third kappa shape index (κ3) is 1.50. The second-order valence-electron chi connectivity index (χ2n) is 6.81. The quantitative estimate of drug-likeness (QED) is 0.584. The Morgan fingerprint density at radius 3 is 2.27 bits per heavy atom. The van der Waals surface area contributed by atoms with Gasteiger partial charge in [0, 0.05) is 9.49 Å². The molecule has 0 heterocycles. The molecule has 2 saturated carbocycles. The van der Waals surface area contributed by atoms with Crippen molar-refractivity contribution >= 4 is 11.8 Å². The largest absolute Gasteiger partial charge is 0.144 e. The first-order chi connectivity index (χ1) is 6.69. The van der Waals surface area contributed by atoms with E-state index >= 15 is 0 Å². The van der Waals surface area contributed by atoms with Crippen LogP contribution in [0, 0.1) is 11.3 Å². The van der Waals surface area contributed by atoms with Crippen LogP contribution in [0.1, 0.15) is 53.9 Å². The zero-order valence-corrected chi connectivity index (χ0v) is 11.6. The van der Waals surface area contributed by atoms with Gasteiger partial charge in [-0.2, -0.15) is 0 Å². The smallest absolute Gasteiger partial charge is 0.0424 e. The van der Waals surface area contributed by atoms with Crippen molar-refractivity contribution in [3.63, 3.8) is 0 Å². The lowest BCUT2D eigenvalue weighted by Gasteiger charge is -2.42. The van der Waals surface area contributed by atoms with E-state index in [0.717, 1.165) is 5.92 Å². The number of hydrogen-bond acceptors (Lipinski definition) is 1. The summed E-state index contributed by atoms with van der Waals surface area (Å²) in [7, 11) is 0. The molecule has 2 rings (SSSR count). The van der Waals surface area contributed by atoms with E-state index in [1.54, 1.807) is 0 Å². The van der Waals surface area contributed by atoms with E-state index in [-0.39, 0.29) is 0 Å². The number of fused-ring (bicyclic) bond motifs is 2. The molecule has 0 aromatic carbocycles. The average molecular weight is 224 g/mol. The van der Waals surface area contributed by atoms with Gasteiger partial charge in [-0.1, -0.05) is 46.8 Å². The summed E-state index contributed by atoms with van der Waals surface area (Å²) in [6.07, 6.45) is 4.04. The van der Waals surface area contributed by atoms with Gasteiger partial charge in [0.2, 0.25) is 0 Å². The highest BCUT2D eigenvalue weighted by atomic mass is 32.2. The molecule has 0 aliphatic heterocycles. The van der Waals surface area contributed by atoms with Crippen LogP contribution in [0.15, 0.2) is 12.2 Å². The summed E-state index contributed by atoms with van der Waals surface area (Å²) in [5.74, 6) is 0.889. The summed E-state index contributed by atoms with van der Waals surface area (Å²) in [6, 6.07) is 0. The Kier molecular flexibility index (Phi) is 2.36. The van der Waals surface area contributed by atoms with Crippen LogP contribution in [-0.4, -0.2) is 9.49 Å². The van der Waals surface area contributed by atoms with Crippen LogP contribution >= 0.6 is 11.8 Å². The molecule has 15 heavy (non-hydrogen) atoms. The Morgan fingerprint density at radius 2 is 1.93 bits per heavy atom. The molecule has 0 aromatic rings. The lowest BCUT2D eigenvalue weighted by Crippen LogP contribution is -2.38. The van der Waals surface area contributed by atoms with E-state index in [2.05, 4.69) is 53.0 Å². The fourth-order valence-electron chi connectivity index (χ4n) is 3.62. The van der Waals surface area contributed by atoms with Crippen molar-refractivity contribution in [2.24, 2.45) is 11.3 Å². The molecule has 2 bridgehead atoms. The van der Waals surface area contributed by atoms with Crippen LogP contribution < -0.4 is 0 Å². The van der Waals surface area contributed by atoms with Gasteiger partial charge in [0.1, 0.15) is 0 Å². The molecule has 0 N–H and O–H groups in total. The maximum Gasteiger partial charge on any atom is 0.0424 e. The summed E-state index contributed by atoms with van der Waals surface area (Å²) in [5.41, 5.74) is 1.98. The second-order valence-corrected chi connectivity index (χ2v) is 8.93. The van der Waals surface area contributed by atoms with Gasteiger partial charge in [-0.15, -0.1) is 11.8 Å². The van der Waals surface area contributed by atoms with Crippen molar-refractivity contribution < 1.29 is 0 Å². The van der Waals surface area contributed by atoms with Gasteiger partial charge in [-0.25, -0.2) is 0 Å². The zero-order valence-electron chi connectivity index (χ0n) is 10.8. The normalized spacial score (nSPS) is 38.7. The molecule has 0 aromatic heterocycles. The van der Waals surface area contributed by atoms with Crippen LogP contribution in [0.2, 0.25) is 0 Å². The summed E-state index contributed by atoms with van der Waals surface area (Å²) >= 11 is 2.17. The van der Waals surface area contributed by atoms with Gasteiger partial charge in [0.15, 0.2) is 0 Å². The SMILES string of the molecule is C=C1C[C@@H]2CC[C@@]1(SC(C)(C)C)C2(C)C. The first-order valence-corrected chi connectivity index (χ1v) is 6.89. The van der Waals surface area contributed by atoms with Gasteiger partial charge < -0.3 is 0 Å². The lowest BCUT2D eigenvalue weighted by atomic mass is 9.81. The van der Waals surface area contributed by atoms with E-state index < -0.39 is 0 Å². The monoisotopic (exact) mass is 224 g/mol.